The highest BCUT2D eigenvalue weighted by Crippen LogP contribution is 2.39. The molecule has 286 valence electrons. The van der Waals surface area contributed by atoms with Gasteiger partial charge in [-0.1, -0.05) is 188 Å². The van der Waals surface area contributed by atoms with E-state index in [1.54, 1.807) is 0 Å². The Hall–Kier alpha value is -8.14. The molecule has 9 aromatic carbocycles. The fraction of sp³-hybridized carbons (Fsp3) is 0. The summed E-state index contributed by atoms with van der Waals surface area (Å²) in [5.41, 5.74) is 17.6. The van der Waals surface area contributed by atoms with Crippen LogP contribution in [0.3, 0.4) is 0 Å². The van der Waals surface area contributed by atoms with E-state index in [-0.39, 0.29) is 0 Å². The van der Waals surface area contributed by atoms with Crippen LogP contribution in [0.25, 0.3) is 106 Å². The van der Waals surface area contributed by atoms with Crippen LogP contribution < -0.4 is 0 Å². The highest BCUT2D eigenvalue weighted by atomic mass is 15.0. The minimum atomic E-state index is 0.690. The maximum Gasteiger partial charge on any atom is 0.160 e. The minimum absolute atomic E-state index is 0.690. The van der Waals surface area contributed by atoms with Gasteiger partial charge in [-0.3, -0.25) is 0 Å². The zero-order valence-electron chi connectivity index (χ0n) is 33.4. The van der Waals surface area contributed by atoms with Crippen LogP contribution in [0.5, 0.6) is 0 Å². The SMILES string of the molecule is c1ccc(-c2ccc(-c3nc(-c4ccccc4)cc(-c4cccc(-n5c6ccccc6c6ccc(-c7cc(-c8ccccc8)cc(-c8ccccc8)c7)cc65)c4)n3)cc2)cc1. The van der Waals surface area contributed by atoms with Gasteiger partial charge in [0.1, 0.15) is 0 Å². The van der Waals surface area contributed by atoms with Gasteiger partial charge >= 0.3 is 0 Å². The Kier molecular flexibility index (Phi) is 9.18. The number of rotatable bonds is 8. The molecule has 0 unspecified atom stereocenters. The summed E-state index contributed by atoms with van der Waals surface area (Å²) >= 11 is 0. The van der Waals surface area contributed by atoms with Crippen molar-refractivity contribution in [1.29, 1.82) is 0 Å². The second-order valence-electron chi connectivity index (χ2n) is 15.4. The number of para-hydroxylation sites is 1. The summed E-state index contributed by atoms with van der Waals surface area (Å²) in [6.45, 7) is 0. The largest absolute Gasteiger partial charge is 0.309 e. The molecule has 3 nitrogen and oxygen atoms in total. The van der Waals surface area contributed by atoms with Gasteiger partial charge in [0.25, 0.3) is 0 Å². The second-order valence-corrected chi connectivity index (χ2v) is 15.4. The lowest BCUT2D eigenvalue weighted by atomic mass is 9.93. The molecule has 0 fully saturated rings. The number of benzene rings is 9. The van der Waals surface area contributed by atoms with E-state index in [1.165, 1.54) is 44.2 Å². The molecule has 11 rings (SSSR count). The van der Waals surface area contributed by atoms with Crippen molar-refractivity contribution in [2.75, 3.05) is 0 Å². The summed E-state index contributed by atoms with van der Waals surface area (Å²) in [4.78, 5) is 10.4. The van der Waals surface area contributed by atoms with E-state index >= 15 is 0 Å². The quantitative estimate of drug-likeness (QED) is 0.154. The first-order valence-corrected chi connectivity index (χ1v) is 20.7. The van der Waals surface area contributed by atoms with E-state index in [4.69, 9.17) is 9.97 Å². The van der Waals surface area contributed by atoms with Crippen molar-refractivity contribution < 1.29 is 0 Å². The molecule has 0 amide bonds. The fourth-order valence-electron chi connectivity index (χ4n) is 8.54. The third-order valence-electron chi connectivity index (χ3n) is 11.6. The van der Waals surface area contributed by atoms with Crippen molar-refractivity contribution in [2.45, 2.75) is 0 Å². The summed E-state index contributed by atoms with van der Waals surface area (Å²) in [5.74, 6) is 0.690. The summed E-state index contributed by atoms with van der Waals surface area (Å²) in [5, 5.41) is 2.42. The number of fused-ring (bicyclic) bond motifs is 3. The Morgan fingerprint density at radius 1 is 0.246 bits per heavy atom. The standard InChI is InChI=1S/C58H39N3/c1-5-16-40(17-6-1)43-28-30-45(31-29-43)58-59-54(44-22-11-4-12-23-44)39-55(60-58)47-24-15-25-51(37-47)61-56-27-14-13-26-52(56)53-33-32-46(38-57(53)61)50-35-48(41-18-7-2-8-19-41)34-49(36-50)42-20-9-3-10-21-42/h1-39H. The molecule has 0 saturated carbocycles. The molecule has 2 heterocycles. The number of aromatic nitrogens is 3. The molecule has 0 bridgehead atoms. The van der Waals surface area contributed by atoms with Gasteiger partial charge in [0.15, 0.2) is 5.82 Å². The molecule has 0 aliphatic rings. The van der Waals surface area contributed by atoms with Crippen LogP contribution in [0.4, 0.5) is 0 Å². The van der Waals surface area contributed by atoms with Gasteiger partial charge in [-0.15, -0.1) is 0 Å². The van der Waals surface area contributed by atoms with Gasteiger partial charge in [0.2, 0.25) is 0 Å². The van der Waals surface area contributed by atoms with Gasteiger partial charge < -0.3 is 4.57 Å². The Bertz CT molecular complexity index is 3260. The molecule has 0 N–H and O–H groups in total. The Morgan fingerprint density at radius 2 is 0.689 bits per heavy atom. The normalized spacial score (nSPS) is 11.3. The third kappa shape index (κ3) is 6.98. The molecular weight excluding hydrogens is 739 g/mol. The lowest BCUT2D eigenvalue weighted by Gasteiger charge is -2.14. The van der Waals surface area contributed by atoms with Crippen molar-refractivity contribution in [1.82, 2.24) is 14.5 Å². The molecule has 11 aromatic rings. The highest BCUT2D eigenvalue weighted by Gasteiger charge is 2.17. The maximum absolute atomic E-state index is 5.25. The highest BCUT2D eigenvalue weighted by molar-refractivity contribution is 6.10. The molecule has 3 heteroatoms. The summed E-state index contributed by atoms with van der Waals surface area (Å²) in [6, 6.07) is 84.2. The Morgan fingerprint density at radius 3 is 1.31 bits per heavy atom. The average Bonchev–Trinajstić information content (AvgIpc) is 3.68. The predicted octanol–water partition coefficient (Wildman–Crippen LogP) is 15.2. The van der Waals surface area contributed by atoms with Crippen LogP contribution in [-0.4, -0.2) is 14.5 Å². The molecule has 2 aromatic heterocycles. The lowest BCUT2D eigenvalue weighted by molar-refractivity contribution is 1.16. The fourth-order valence-corrected chi connectivity index (χ4v) is 8.54. The molecule has 0 radical (unpaired) electrons. The summed E-state index contributed by atoms with van der Waals surface area (Å²) in [7, 11) is 0. The van der Waals surface area contributed by atoms with Crippen molar-refractivity contribution in [3.8, 4) is 84.1 Å². The topological polar surface area (TPSA) is 30.7 Å². The van der Waals surface area contributed by atoms with E-state index in [1.807, 2.05) is 12.1 Å². The van der Waals surface area contributed by atoms with Gasteiger partial charge in [-0.2, -0.15) is 0 Å². The predicted molar refractivity (Wildman–Crippen MR) is 254 cm³/mol. The number of nitrogens with zero attached hydrogens (tertiary/aromatic N) is 3. The molecule has 61 heavy (non-hydrogen) atoms. The van der Waals surface area contributed by atoms with Crippen molar-refractivity contribution in [3.05, 3.63) is 237 Å². The molecule has 0 aliphatic heterocycles. The molecule has 0 spiro atoms. The van der Waals surface area contributed by atoms with Crippen molar-refractivity contribution in [3.63, 3.8) is 0 Å². The third-order valence-corrected chi connectivity index (χ3v) is 11.6. The van der Waals surface area contributed by atoms with E-state index < -0.39 is 0 Å². The van der Waals surface area contributed by atoms with Crippen LogP contribution >= 0.6 is 0 Å². The van der Waals surface area contributed by atoms with Crippen LogP contribution in [0, 0.1) is 0 Å². The van der Waals surface area contributed by atoms with E-state index in [9.17, 15) is 0 Å². The zero-order chi connectivity index (χ0) is 40.5. The second kappa shape index (κ2) is 15.6. The first kappa shape index (κ1) is 36.0. The number of hydrogen-bond donors (Lipinski definition) is 0. The number of hydrogen-bond acceptors (Lipinski definition) is 2. The Balaban J connectivity index is 1.05. The summed E-state index contributed by atoms with van der Waals surface area (Å²) < 4.78 is 2.40. The van der Waals surface area contributed by atoms with Crippen LogP contribution in [0.1, 0.15) is 0 Å². The van der Waals surface area contributed by atoms with E-state index in [0.717, 1.165) is 55.9 Å². The molecule has 0 saturated heterocycles. The first-order chi connectivity index (χ1) is 30.2. The summed E-state index contributed by atoms with van der Waals surface area (Å²) in [6.07, 6.45) is 0. The monoisotopic (exact) mass is 777 g/mol. The van der Waals surface area contributed by atoms with Gasteiger partial charge in [-0.25, -0.2) is 9.97 Å². The first-order valence-electron chi connectivity index (χ1n) is 20.7. The lowest BCUT2D eigenvalue weighted by Crippen LogP contribution is -1.98. The van der Waals surface area contributed by atoms with Crippen LogP contribution in [0.2, 0.25) is 0 Å². The van der Waals surface area contributed by atoms with Crippen LogP contribution in [0.15, 0.2) is 237 Å². The van der Waals surface area contributed by atoms with E-state index in [0.29, 0.717) is 5.82 Å². The van der Waals surface area contributed by atoms with Crippen molar-refractivity contribution >= 4 is 21.8 Å². The smallest absolute Gasteiger partial charge is 0.160 e. The molecule has 0 atom stereocenters. The van der Waals surface area contributed by atoms with Gasteiger partial charge in [0, 0.05) is 33.2 Å². The van der Waals surface area contributed by atoms with Crippen molar-refractivity contribution in [2.24, 2.45) is 0 Å². The van der Waals surface area contributed by atoms with Crippen LogP contribution in [-0.2, 0) is 0 Å². The van der Waals surface area contributed by atoms with E-state index in [2.05, 4.69) is 229 Å². The average molecular weight is 778 g/mol. The zero-order valence-corrected chi connectivity index (χ0v) is 33.4. The molecular formula is C58H39N3. The van der Waals surface area contributed by atoms with Gasteiger partial charge in [0.05, 0.1) is 22.4 Å². The maximum atomic E-state index is 5.25. The van der Waals surface area contributed by atoms with Gasteiger partial charge in [-0.05, 0) is 93.0 Å². The molecule has 0 aliphatic carbocycles. The minimum Gasteiger partial charge on any atom is -0.309 e. The Labute approximate surface area is 355 Å².